The second kappa shape index (κ2) is 11.6. The predicted molar refractivity (Wildman–Crippen MR) is 119 cm³/mol. The first-order chi connectivity index (χ1) is 13.5. The summed E-state index contributed by atoms with van der Waals surface area (Å²) in [4.78, 5) is 0.119. The number of rotatable bonds is 13. The van der Waals surface area contributed by atoms with Crippen molar-refractivity contribution in [1.29, 1.82) is 0 Å². The van der Waals surface area contributed by atoms with Crippen LogP contribution in [0.5, 0.6) is 0 Å². The lowest BCUT2D eigenvalue weighted by Gasteiger charge is -2.15. The molecule has 2 aromatic rings. The maximum Gasteiger partial charge on any atom is 0.295 e. The summed E-state index contributed by atoms with van der Waals surface area (Å²) in [5, 5.41) is 1.62. The van der Waals surface area contributed by atoms with Crippen molar-refractivity contribution < 1.29 is 13.0 Å². The van der Waals surface area contributed by atoms with E-state index in [-0.39, 0.29) is 4.90 Å². The molecule has 0 atom stereocenters. The van der Waals surface area contributed by atoms with Crippen LogP contribution in [-0.4, -0.2) is 13.0 Å². The van der Waals surface area contributed by atoms with Gasteiger partial charge in [-0.15, -0.1) is 0 Å². The van der Waals surface area contributed by atoms with E-state index in [4.69, 9.17) is 0 Å². The number of aryl methyl sites for hydroxylation is 2. The van der Waals surface area contributed by atoms with Gasteiger partial charge >= 0.3 is 0 Å². The fourth-order valence-electron chi connectivity index (χ4n) is 4.02. The van der Waals surface area contributed by atoms with E-state index < -0.39 is 10.1 Å². The highest BCUT2D eigenvalue weighted by atomic mass is 32.2. The molecule has 0 aromatic heterocycles. The number of unbranched alkanes of at least 4 members (excludes halogenated alkanes) is 8. The van der Waals surface area contributed by atoms with E-state index in [1.165, 1.54) is 50.5 Å². The van der Waals surface area contributed by atoms with Crippen LogP contribution in [0.25, 0.3) is 10.8 Å². The monoisotopic (exact) mass is 404 g/mol. The van der Waals surface area contributed by atoms with Crippen molar-refractivity contribution in [2.45, 2.75) is 95.8 Å². The Morgan fingerprint density at radius 1 is 0.714 bits per heavy atom. The molecule has 0 fully saturated rings. The van der Waals surface area contributed by atoms with E-state index in [0.29, 0.717) is 11.8 Å². The molecule has 28 heavy (non-hydrogen) atoms. The van der Waals surface area contributed by atoms with Gasteiger partial charge in [-0.1, -0.05) is 95.5 Å². The Hall–Kier alpha value is -1.39. The molecule has 0 unspecified atom stereocenters. The van der Waals surface area contributed by atoms with Crippen LogP contribution in [-0.2, 0) is 23.0 Å². The van der Waals surface area contributed by atoms with E-state index in [1.54, 1.807) is 0 Å². The fourth-order valence-corrected chi connectivity index (χ4v) is 4.97. The molecule has 0 aliphatic rings. The Labute approximate surface area is 171 Å². The zero-order valence-corrected chi connectivity index (χ0v) is 18.4. The molecule has 0 heterocycles. The molecule has 2 aromatic carbocycles. The first kappa shape index (κ1) is 22.9. The van der Waals surface area contributed by atoms with Gasteiger partial charge in [0, 0.05) is 5.39 Å². The third-order valence-corrected chi connectivity index (χ3v) is 6.51. The number of hydrogen-bond donors (Lipinski definition) is 1. The largest absolute Gasteiger partial charge is 0.295 e. The lowest BCUT2D eigenvalue weighted by atomic mass is 9.94. The van der Waals surface area contributed by atoms with E-state index in [0.717, 1.165) is 36.6 Å². The quantitative estimate of drug-likeness (QED) is 0.286. The van der Waals surface area contributed by atoms with Crippen molar-refractivity contribution >= 4 is 20.9 Å². The highest BCUT2D eigenvalue weighted by molar-refractivity contribution is 7.86. The van der Waals surface area contributed by atoms with Crippen LogP contribution >= 0.6 is 0 Å². The van der Waals surface area contributed by atoms with Crippen molar-refractivity contribution in [3.8, 4) is 0 Å². The molecule has 0 amide bonds. The minimum atomic E-state index is -4.26. The van der Waals surface area contributed by atoms with Gasteiger partial charge in [-0.3, -0.25) is 4.55 Å². The molecule has 0 spiro atoms. The van der Waals surface area contributed by atoms with Gasteiger partial charge in [-0.2, -0.15) is 8.42 Å². The molecule has 0 saturated carbocycles. The third-order valence-electron chi connectivity index (χ3n) is 5.52. The topological polar surface area (TPSA) is 54.4 Å². The molecule has 1 N–H and O–H groups in total. The predicted octanol–water partition coefficient (Wildman–Crippen LogP) is 7.11. The summed E-state index contributed by atoms with van der Waals surface area (Å²) < 4.78 is 34.3. The number of hydrogen-bond acceptors (Lipinski definition) is 2. The van der Waals surface area contributed by atoms with Gasteiger partial charge in [-0.25, -0.2) is 0 Å². The molecule has 156 valence electrons. The molecule has 0 bridgehead atoms. The molecule has 2 rings (SSSR count). The zero-order valence-electron chi connectivity index (χ0n) is 17.5. The van der Waals surface area contributed by atoms with Gasteiger partial charge in [0.05, 0.1) is 0 Å². The minimum Gasteiger partial charge on any atom is -0.282 e. The SMILES string of the molecule is CCCCCCCc1cc(CCCCCCC)c2ccccc2c1S(=O)(=O)O. The summed E-state index contributed by atoms with van der Waals surface area (Å²) in [7, 11) is -4.26. The van der Waals surface area contributed by atoms with Crippen LogP contribution in [0.2, 0.25) is 0 Å². The van der Waals surface area contributed by atoms with Crippen LogP contribution in [0.1, 0.15) is 89.2 Å². The average Bonchev–Trinajstić information content (AvgIpc) is 2.66. The van der Waals surface area contributed by atoms with E-state index in [2.05, 4.69) is 13.8 Å². The average molecular weight is 405 g/mol. The summed E-state index contributed by atoms with van der Waals surface area (Å²) in [6, 6.07) is 9.66. The number of fused-ring (bicyclic) bond motifs is 1. The van der Waals surface area contributed by atoms with Crippen molar-refractivity contribution in [3.05, 3.63) is 41.5 Å². The minimum absolute atomic E-state index is 0.119. The smallest absolute Gasteiger partial charge is 0.282 e. The maximum absolute atomic E-state index is 12.2. The van der Waals surface area contributed by atoms with Crippen LogP contribution < -0.4 is 0 Å². The van der Waals surface area contributed by atoms with Gasteiger partial charge in [0.2, 0.25) is 0 Å². The highest BCUT2D eigenvalue weighted by Crippen LogP contribution is 2.32. The summed E-state index contributed by atoms with van der Waals surface area (Å²) in [6.07, 6.45) is 13.4. The van der Waals surface area contributed by atoms with Gasteiger partial charge in [0.15, 0.2) is 0 Å². The molecule has 4 heteroatoms. The normalized spacial score (nSPS) is 12.0. The Kier molecular flexibility index (Phi) is 9.46. The summed E-state index contributed by atoms with van der Waals surface area (Å²) in [5.41, 5.74) is 1.99. The van der Waals surface area contributed by atoms with Crippen molar-refractivity contribution in [2.75, 3.05) is 0 Å². The maximum atomic E-state index is 12.2. The highest BCUT2D eigenvalue weighted by Gasteiger charge is 2.21. The molecular weight excluding hydrogens is 368 g/mol. The van der Waals surface area contributed by atoms with Gasteiger partial charge in [-0.05, 0) is 42.2 Å². The lowest BCUT2D eigenvalue weighted by Crippen LogP contribution is -2.06. The summed E-state index contributed by atoms with van der Waals surface area (Å²) in [5.74, 6) is 0. The van der Waals surface area contributed by atoms with E-state index in [1.807, 2.05) is 30.3 Å². The summed E-state index contributed by atoms with van der Waals surface area (Å²) in [6.45, 7) is 4.40. The number of benzene rings is 2. The first-order valence-electron chi connectivity index (χ1n) is 11.0. The van der Waals surface area contributed by atoms with Crippen LogP contribution in [0.4, 0.5) is 0 Å². The Morgan fingerprint density at radius 3 is 1.75 bits per heavy atom. The molecule has 3 nitrogen and oxygen atoms in total. The fraction of sp³-hybridized carbons (Fsp3) is 0.583. The van der Waals surface area contributed by atoms with E-state index in [9.17, 15) is 13.0 Å². The van der Waals surface area contributed by atoms with Crippen LogP contribution in [0.15, 0.2) is 35.2 Å². The zero-order chi connectivity index (χ0) is 20.4. The van der Waals surface area contributed by atoms with Crippen molar-refractivity contribution in [2.24, 2.45) is 0 Å². The molecule has 0 radical (unpaired) electrons. The van der Waals surface area contributed by atoms with Crippen molar-refractivity contribution in [3.63, 3.8) is 0 Å². The van der Waals surface area contributed by atoms with Gasteiger partial charge in [0.1, 0.15) is 4.90 Å². The first-order valence-corrected chi connectivity index (χ1v) is 12.4. The molecule has 0 aliphatic heterocycles. The third kappa shape index (κ3) is 6.59. The lowest BCUT2D eigenvalue weighted by molar-refractivity contribution is 0.482. The Bertz CT molecular complexity index is 840. The molecular formula is C24H36O3S. The molecule has 0 saturated heterocycles. The second-order valence-corrected chi connectivity index (χ2v) is 9.23. The van der Waals surface area contributed by atoms with Gasteiger partial charge in [0.25, 0.3) is 10.1 Å². The van der Waals surface area contributed by atoms with Crippen LogP contribution in [0.3, 0.4) is 0 Å². The Morgan fingerprint density at radius 2 is 1.21 bits per heavy atom. The van der Waals surface area contributed by atoms with Crippen molar-refractivity contribution in [1.82, 2.24) is 0 Å². The van der Waals surface area contributed by atoms with E-state index >= 15 is 0 Å². The van der Waals surface area contributed by atoms with Gasteiger partial charge < -0.3 is 0 Å². The molecule has 0 aliphatic carbocycles. The Balaban J connectivity index is 2.32. The second-order valence-electron chi connectivity index (χ2n) is 7.87. The summed E-state index contributed by atoms with van der Waals surface area (Å²) >= 11 is 0. The standard InChI is InChI=1S/C24H36O3S/c1-3-5-7-9-11-15-20-19-21(16-12-10-8-6-4-2)24(28(25,26)27)23-18-14-13-17-22(20)23/h13-14,17-19H,3-12,15-16H2,1-2H3,(H,25,26,27). The van der Waals surface area contributed by atoms with Crippen LogP contribution in [0, 0.1) is 0 Å².